The van der Waals surface area contributed by atoms with Crippen molar-refractivity contribution < 1.29 is 0 Å². The van der Waals surface area contributed by atoms with Crippen LogP contribution in [-0.4, -0.2) is 19.8 Å². The second-order valence-electron chi connectivity index (χ2n) is 3.92. The molecule has 20 heavy (non-hydrogen) atoms. The summed E-state index contributed by atoms with van der Waals surface area (Å²) in [6, 6.07) is 13.2. The first-order chi connectivity index (χ1) is 9.76. The summed E-state index contributed by atoms with van der Waals surface area (Å²) in [6.07, 6.45) is 0. The molecule has 0 N–H and O–H groups in total. The van der Waals surface area contributed by atoms with Gasteiger partial charge < -0.3 is 0 Å². The molecule has 0 unspecified atom stereocenters. The Hall–Kier alpha value is -2.90. The average molecular weight is 278 g/mol. The number of benzene rings is 1. The van der Waals surface area contributed by atoms with E-state index in [1.165, 1.54) is 4.52 Å². The molecule has 0 spiro atoms. The van der Waals surface area contributed by atoms with Crippen LogP contribution in [0.2, 0.25) is 0 Å². The van der Waals surface area contributed by atoms with Crippen LogP contribution in [0, 0.1) is 22.7 Å². The molecule has 0 radical (unpaired) electrons. The minimum absolute atomic E-state index is 0.0509. The van der Waals surface area contributed by atoms with Gasteiger partial charge >= 0.3 is 0 Å². The summed E-state index contributed by atoms with van der Waals surface area (Å²) < 4.78 is 1.30. The number of rotatable bonds is 1. The van der Waals surface area contributed by atoms with Crippen LogP contribution < -0.4 is 0 Å². The van der Waals surface area contributed by atoms with Crippen LogP contribution in [0.1, 0.15) is 11.4 Å². The van der Waals surface area contributed by atoms with E-state index >= 15 is 0 Å². The number of hydrogen-bond donors (Lipinski definition) is 1. The fraction of sp³-hybridized carbons (Fsp3) is 0. The summed E-state index contributed by atoms with van der Waals surface area (Å²) in [6.45, 7) is 0. The third kappa shape index (κ3) is 1.69. The lowest BCUT2D eigenvalue weighted by Gasteiger charge is -1.95. The molecule has 3 rings (SSSR count). The molecule has 0 saturated carbocycles. The van der Waals surface area contributed by atoms with Crippen LogP contribution in [0.3, 0.4) is 0 Å². The van der Waals surface area contributed by atoms with Crippen molar-refractivity contribution in [2.45, 2.75) is 4.90 Å². The number of nitrogens with zero attached hydrogens (tertiary/aromatic N) is 6. The number of thiol groups is 1. The standard InChI is InChI=1S/C13H6N6S/c14-6-9-10(7-15)19-13(17-16-9)12(20)11(18-19)8-4-2-1-3-5-8/h1-5,20H. The molecular formula is C13H6N6S. The summed E-state index contributed by atoms with van der Waals surface area (Å²) >= 11 is 4.40. The van der Waals surface area contributed by atoms with E-state index in [4.69, 9.17) is 10.5 Å². The van der Waals surface area contributed by atoms with E-state index in [0.717, 1.165) is 5.56 Å². The summed E-state index contributed by atoms with van der Waals surface area (Å²) in [7, 11) is 0. The van der Waals surface area contributed by atoms with E-state index in [2.05, 4.69) is 27.9 Å². The fourth-order valence-electron chi connectivity index (χ4n) is 1.86. The van der Waals surface area contributed by atoms with Gasteiger partial charge in [0, 0.05) is 5.56 Å². The predicted molar refractivity (Wildman–Crippen MR) is 72.9 cm³/mol. The Kier molecular flexibility index (Phi) is 2.82. The minimum atomic E-state index is -0.0598. The Balaban J connectivity index is 2.37. The van der Waals surface area contributed by atoms with Gasteiger partial charge in [-0.3, -0.25) is 0 Å². The number of fused-ring (bicyclic) bond motifs is 1. The Labute approximate surface area is 119 Å². The quantitative estimate of drug-likeness (QED) is 0.686. The lowest BCUT2D eigenvalue weighted by Crippen LogP contribution is -2.03. The summed E-state index contributed by atoms with van der Waals surface area (Å²) in [5, 5.41) is 30.1. The summed E-state index contributed by atoms with van der Waals surface area (Å²) in [5.41, 5.74) is 1.79. The third-order valence-electron chi connectivity index (χ3n) is 2.78. The number of hydrogen-bond acceptors (Lipinski definition) is 6. The normalized spacial score (nSPS) is 10.2. The molecule has 0 fully saturated rings. The Morgan fingerprint density at radius 2 is 1.80 bits per heavy atom. The topological polar surface area (TPSA) is 90.7 Å². The van der Waals surface area contributed by atoms with Gasteiger partial charge in [-0.25, -0.2) is 0 Å². The molecule has 0 saturated heterocycles. The zero-order valence-corrected chi connectivity index (χ0v) is 10.9. The first-order valence-electron chi connectivity index (χ1n) is 5.60. The van der Waals surface area contributed by atoms with Gasteiger partial charge in [0.2, 0.25) is 0 Å². The maximum atomic E-state index is 9.16. The molecule has 0 bridgehead atoms. The second-order valence-corrected chi connectivity index (χ2v) is 4.37. The Morgan fingerprint density at radius 3 is 2.45 bits per heavy atom. The van der Waals surface area contributed by atoms with Gasteiger partial charge in [0.1, 0.15) is 17.8 Å². The van der Waals surface area contributed by atoms with Crippen molar-refractivity contribution in [1.29, 1.82) is 10.5 Å². The first kappa shape index (κ1) is 12.2. The molecule has 7 heteroatoms. The van der Waals surface area contributed by atoms with Gasteiger partial charge in [0.25, 0.3) is 0 Å². The summed E-state index contributed by atoms with van der Waals surface area (Å²) in [5.74, 6) is 0. The van der Waals surface area contributed by atoms with E-state index in [1.807, 2.05) is 42.5 Å². The van der Waals surface area contributed by atoms with Crippen molar-refractivity contribution in [2.24, 2.45) is 0 Å². The zero-order chi connectivity index (χ0) is 14.1. The van der Waals surface area contributed by atoms with Crippen LogP contribution in [0.4, 0.5) is 0 Å². The van der Waals surface area contributed by atoms with Gasteiger partial charge in [-0.2, -0.15) is 20.1 Å². The van der Waals surface area contributed by atoms with Gasteiger partial charge in [0.15, 0.2) is 17.0 Å². The van der Waals surface area contributed by atoms with Gasteiger partial charge in [0.05, 0.1) is 4.90 Å². The Morgan fingerprint density at radius 1 is 1.05 bits per heavy atom. The summed E-state index contributed by atoms with van der Waals surface area (Å²) in [4.78, 5) is 0.518. The highest BCUT2D eigenvalue weighted by Crippen LogP contribution is 2.28. The highest BCUT2D eigenvalue weighted by atomic mass is 32.1. The van der Waals surface area contributed by atoms with Crippen LogP contribution >= 0.6 is 12.6 Å². The second kappa shape index (κ2) is 4.65. The van der Waals surface area contributed by atoms with Crippen molar-refractivity contribution >= 4 is 18.3 Å². The monoisotopic (exact) mass is 278 g/mol. The van der Waals surface area contributed by atoms with Crippen LogP contribution in [0.15, 0.2) is 35.2 Å². The minimum Gasteiger partial charge on any atom is -0.198 e. The zero-order valence-electron chi connectivity index (χ0n) is 10.0. The SMILES string of the molecule is N#Cc1nnc2c(S)c(-c3ccccc3)nn2c1C#N. The van der Waals surface area contributed by atoms with E-state index in [0.29, 0.717) is 16.2 Å². The van der Waals surface area contributed by atoms with Crippen molar-refractivity contribution in [3.05, 3.63) is 41.7 Å². The molecule has 2 heterocycles. The van der Waals surface area contributed by atoms with Crippen molar-refractivity contribution in [3.8, 4) is 23.4 Å². The van der Waals surface area contributed by atoms with E-state index in [9.17, 15) is 0 Å². The molecule has 0 atom stereocenters. The number of nitriles is 2. The van der Waals surface area contributed by atoms with Crippen molar-refractivity contribution in [1.82, 2.24) is 19.8 Å². The van der Waals surface area contributed by atoms with Gasteiger partial charge in [-0.05, 0) is 0 Å². The fourth-order valence-corrected chi connectivity index (χ4v) is 2.17. The lowest BCUT2D eigenvalue weighted by atomic mass is 10.1. The molecule has 2 aromatic heterocycles. The molecule has 0 aliphatic rings. The number of aromatic nitrogens is 4. The lowest BCUT2D eigenvalue weighted by molar-refractivity contribution is 0.862. The average Bonchev–Trinajstić information content (AvgIpc) is 2.84. The van der Waals surface area contributed by atoms with Gasteiger partial charge in [-0.15, -0.1) is 22.8 Å². The van der Waals surface area contributed by atoms with E-state index < -0.39 is 0 Å². The largest absolute Gasteiger partial charge is 0.199 e. The molecule has 6 nitrogen and oxygen atoms in total. The van der Waals surface area contributed by atoms with Crippen LogP contribution in [-0.2, 0) is 0 Å². The predicted octanol–water partition coefficient (Wildman–Crippen LogP) is 1.82. The van der Waals surface area contributed by atoms with Crippen molar-refractivity contribution in [2.75, 3.05) is 0 Å². The van der Waals surface area contributed by atoms with Crippen LogP contribution in [0.5, 0.6) is 0 Å². The molecule has 0 amide bonds. The molecule has 3 aromatic rings. The molecule has 0 aliphatic carbocycles. The van der Waals surface area contributed by atoms with E-state index in [-0.39, 0.29) is 11.4 Å². The maximum Gasteiger partial charge on any atom is 0.199 e. The van der Waals surface area contributed by atoms with Crippen molar-refractivity contribution in [3.63, 3.8) is 0 Å². The Bertz CT molecular complexity index is 885. The maximum absolute atomic E-state index is 9.16. The van der Waals surface area contributed by atoms with E-state index in [1.54, 1.807) is 0 Å². The third-order valence-corrected chi connectivity index (χ3v) is 3.19. The first-order valence-corrected chi connectivity index (χ1v) is 6.05. The molecule has 94 valence electrons. The highest BCUT2D eigenvalue weighted by molar-refractivity contribution is 7.80. The molecule has 0 aliphatic heterocycles. The molecule has 1 aromatic carbocycles. The highest BCUT2D eigenvalue weighted by Gasteiger charge is 2.18. The van der Waals surface area contributed by atoms with Crippen LogP contribution in [0.25, 0.3) is 16.9 Å². The molecular weight excluding hydrogens is 272 g/mol. The van der Waals surface area contributed by atoms with Gasteiger partial charge in [-0.1, -0.05) is 30.3 Å². The smallest absolute Gasteiger partial charge is 0.198 e.